The number of halogens is 2. The third kappa shape index (κ3) is 7.12. The van der Waals surface area contributed by atoms with Gasteiger partial charge in [0.15, 0.2) is 0 Å². The summed E-state index contributed by atoms with van der Waals surface area (Å²) in [6.45, 7) is 3.77. The zero-order chi connectivity index (χ0) is 10.4. The highest BCUT2D eigenvalue weighted by molar-refractivity contribution is 6.64. The van der Waals surface area contributed by atoms with Crippen molar-refractivity contribution in [1.29, 1.82) is 0 Å². The number of nitrogens with one attached hydrogen (secondary N) is 1. The van der Waals surface area contributed by atoms with Crippen LogP contribution in [0.2, 0.25) is 0 Å². The van der Waals surface area contributed by atoms with E-state index in [4.69, 9.17) is 17.3 Å². The fourth-order valence-corrected chi connectivity index (χ4v) is 1.08. The van der Waals surface area contributed by atoms with Crippen molar-refractivity contribution in [1.82, 2.24) is 5.32 Å². The van der Waals surface area contributed by atoms with Gasteiger partial charge in [-0.05, 0) is 23.9 Å². The molecule has 0 saturated heterocycles. The Bertz CT molecular complexity index is 198. The summed E-state index contributed by atoms with van der Waals surface area (Å²) < 4.78 is 0. The number of nitrogens with two attached hydrogens (primary N) is 1. The summed E-state index contributed by atoms with van der Waals surface area (Å²) in [7, 11) is 0. The van der Waals surface area contributed by atoms with Crippen LogP contribution in [0.1, 0.15) is 20.3 Å². The molecular formula is C8H16Cl2N2O2. The van der Waals surface area contributed by atoms with E-state index in [1.54, 1.807) is 0 Å². The van der Waals surface area contributed by atoms with Crippen molar-refractivity contribution >= 4 is 35.2 Å². The van der Waals surface area contributed by atoms with Crippen molar-refractivity contribution in [3.05, 3.63) is 0 Å². The van der Waals surface area contributed by atoms with Crippen LogP contribution >= 0.6 is 24.0 Å². The van der Waals surface area contributed by atoms with E-state index >= 15 is 0 Å². The molecule has 0 radical (unpaired) electrons. The first-order chi connectivity index (χ1) is 5.97. The van der Waals surface area contributed by atoms with E-state index < -0.39 is 11.3 Å². The van der Waals surface area contributed by atoms with Gasteiger partial charge in [-0.15, -0.1) is 12.4 Å². The van der Waals surface area contributed by atoms with Crippen LogP contribution in [0.15, 0.2) is 0 Å². The molecule has 0 aromatic carbocycles. The van der Waals surface area contributed by atoms with Crippen molar-refractivity contribution < 1.29 is 9.59 Å². The molecule has 14 heavy (non-hydrogen) atoms. The number of carbonyl (C=O) groups excluding carboxylic acids is 2. The Kier molecular flexibility index (Phi) is 9.24. The SMILES string of the molecule is CC(C)CC(NC(=O)CN)C(=O)Cl.Cl. The van der Waals surface area contributed by atoms with Crippen molar-refractivity contribution in [3.8, 4) is 0 Å². The predicted octanol–water partition coefficient (Wildman–Crippen LogP) is 0.663. The lowest BCUT2D eigenvalue weighted by Crippen LogP contribution is -2.42. The van der Waals surface area contributed by atoms with Gasteiger partial charge in [-0.25, -0.2) is 0 Å². The first-order valence-corrected chi connectivity index (χ1v) is 4.54. The zero-order valence-electron chi connectivity index (χ0n) is 8.25. The molecule has 0 spiro atoms. The fourth-order valence-electron chi connectivity index (χ4n) is 0.933. The quantitative estimate of drug-likeness (QED) is 0.697. The monoisotopic (exact) mass is 242 g/mol. The van der Waals surface area contributed by atoms with Crippen LogP contribution in [-0.2, 0) is 9.59 Å². The van der Waals surface area contributed by atoms with Crippen LogP contribution in [-0.4, -0.2) is 23.7 Å². The molecule has 1 atom stereocenters. The van der Waals surface area contributed by atoms with E-state index in [0.717, 1.165) is 0 Å². The Morgan fingerprint density at radius 1 is 1.43 bits per heavy atom. The Morgan fingerprint density at radius 2 is 1.93 bits per heavy atom. The Balaban J connectivity index is 0. The first kappa shape index (κ1) is 16.1. The fraction of sp³-hybridized carbons (Fsp3) is 0.750. The molecule has 0 aromatic rings. The van der Waals surface area contributed by atoms with E-state index in [2.05, 4.69) is 5.32 Å². The van der Waals surface area contributed by atoms with Crippen LogP contribution in [0.25, 0.3) is 0 Å². The second-order valence-corrected chi connectivity index (χ2v) is 3.63. The number of amides is 1. The van der Waals surface area contributed by atoms with E-state index in [0.29, 0.717) is 12.3 Å². The van der Waals surface area contributed by atoms with Crippen LogP contribution in [0.3, 0.4) is 0 Å². The van der Waals surface area contributed by atoms with Crippen molar-refractivity contribution in [2.45, 2.75) is 26.3 Å². The number of hydrogen-bond donors (Lipinski definition) is 2. The average Bonchev–Trinajstić information content (AvgIpc) is 2.02. The lowest BCUT2D eigenvalue weighted by Gasteiger charge is -2.15. The van der Waals surface area contributed by atoms with Gasteiger partial charge >= 0.3 is 0 Å². The van der Waals surface area contributed by atoms with E-state index in [-0.39, 0.29) is 24.9 Å². The van der Waals surface area contributed by atoms with Gasteiger partial charge < -0.3 is 11.1 Å². The lowest BCUT2D eigenvalue weighted by molar-refractivity contribution is -0.124. The predicted molar refractivity (Wildman–Crippen MR) is 58.5 cm³/mol. The van der Waals surface area contributed by atoms with Crippen molar-refractivity contribution in [2.75, 3.05) is 6.54 Å². The summed E-state index contributed by atoms with van der Waals surface area (Å²) in [6.07, 6.45) is 0.536. The third-order valence-corrected chi connectivity index (χ3v) is 1.77. The molecule has 6 heteroatoms. The molecule has 0 aliphatic rings. The van der Waals surface area contributed by atoms with Gasteiger partial charge in [-0.3, -0.25) is 9.59 Å². The largest absolute Gasteiger partial charge is 0.344 e. The minimum atomic E-state index is -0.613. The van der Waals surface area contributed by atoms with Gasteiger partial charge in [-0.1, -0.05) is 13.8 Å². The molecule has 1 amide bonds. The van der Waals surface area contributed by atoms with Crippen molar-refractivity contribution in [2.24, 2.45) is 11.7 Å². The molecular weight excluding hydrogens is 227 g/mol. The maximum absolute atomic E-state index is 10.9. The number of rotatable bonds is 5. The summed E-state index contributed by atoms with van der Waals surface area (Å²) in [5.74, 6) is -0.0644. The molecule has 0 aliphatic carbocycles. The standard InChI is InChI=1S/C8H15ClN2O2.ClH/c1-5(2)3-6(8(9)13)11-7(12)4-10;/h5-6H,3-4,10H2,1-2H3,(H,11,12);1H. The summed E-state index contributed by atoms with van der Waals surface area (Å²) in [5, 5.41) is 1.91. The minimum Gasteiger partial charge on any atom is -0.344 e. The number of hydrogen-bond acceptors (Lipinski definition) is 3. The Hall–Kier alpha value is -0.320. The second kappa shape index (κ2) is 8.03. The molecule has 0 aromatic heterocycles. The molecule has 1 unspecified atom stereocenters. The van der Waals surface area contributed by atoms with Gasteiger partial charge in [0.2, 0.25) is 11.1 Å². The summed E-state index contributed by atoms with van der Waals surface area (Å²) >= 11 is 5.29. The second-order valence-electron chi connectivity index (χ2n) is 3.26. The molecule has 0 bridgehead atoms. The zero-order valence-corrected chi connectivity index (χ0v) is 9.82. The maximum atomic E-state index is 10.9. The first-order valence-electron chi connectivity index (χ1n) is 4.16. The highest BCUT2D eigenvalue weighted by Gasteiger charge is 2.18. The van der Waals surface area contributed by atoms with Crippen LogP contribution < -0.4 is 11.1 Å². The van der Waals surface area contributed by atoms with Gasteiger partial charge in [0.05, 0.1) is 6.54 Å². The van der Waals surface area contributed by atoms with E-state index in [1.807, 2.05) is 13.8 Å². The minimum absolute atomic E-state index is 0. The summed E-state index contributed by atoms with van der Waals surface area (Å²) in [6, 6.07) is -0.613. The molecule has 4 nitrogen and oxygen atoms in total. The lowest BCUT2D eigenvalue weighted by atomic mass is 10.0. The third-order valence-electron chi connectivity index (χ3n) is 1.50. The normalized spacial score (nSPS) is 11.8. The molecule has 0 fully saturated rings. The highest BCUT2D eigenvalue weighted by atomic mass is 35.5. The van der Waals surface area contributed by atoms with Gasteiger partial charge in [0, 0.05) is 0 Å². The molecule has 0 heterocycles. The molecule has 0 rings (SSSR count). The Morgan fingerprint density at radius 3 is 2.21 bits per heavy atom. The van der Waals surface area contributed by atoms with Crippen LogP contribution in [0.5, 0.6) is 0 Å². The average molecular weight is 243 g/mol. The van der Waals surface area contributed by atoms with Crippen molar-refractivity contribution in [3.63, 3.8) is 0 Å². The molecule has 0 aliphatic heterocycles. The summed E-state index contributed by atoms with van der Waals surface area (Å²) in [5.41, 5.74) is 5.08. The van der Waals surface area contributed by atoms with Crippen LogP contribution in [0, 0.1) is 5.92 Å². The smallest absolute Gasteiger partial charge is 0.244 e. The highest BCUT2D eigenvalue weighted by Crippen LogP contribution is 2.07. The molecule has 0 saturated carbocycles. The Labute approximate surface area is 95.0 Å². The maximum Gasteiger partial charge on any atom is 0.244 e. The van der Waals surface area contributed by atoms with Gasteiger partial charge in [-0.2, -0.15) is 0 Å². The van der Waals surface area contributed by atoms with Crippen LogP contribution in [0.4, 0.5) is 0 Å². The summed E-state index contributed by atoms with van der Waals surface area (Å²) in [4.78, 5) is 21.7. The van der Waals surface area contributed by atoms with Gasteiger partial charge in [0.25, 0.3) is 0 Å². The van der Waals surface area contributed by atoms with E-state index in [9.17, 15) is 9.59 Å². The van der Waals surface area contributed by atoms with Gasteiger partial charge in [0.1, 0.15) is 6.04 Å². The molecule has 84 valence electrons. The molecule has 3 N–H and O–H groups in total. The number of carbonyl (C=O) groups is 2. The van der Waals surface area contributed by atoms with E-state index in [1.165, 1.54) is 0 Å². The topological polar surface area (TPSA) is 72.2 Å².